The number of hydrogen-bond acceptors (Lipinski definition) is 6. The molecule has 2 rings (SSSR count). The predicted octanol–water partition coefficient (Wildman–Crippen LogP) is 6.31. The van der Waals surface area contributed by atoms with Gasteiger partial charge in [0.25, 0.3) is 0 Å². The molecule has 5 N–H and O–H groups in total. The number of aliphatic hydroxyl groups excluding tert-OH is 3. The van der Waals surface area contributed by atoms with Crippen molar-refractivity contribution in [2.45, 2.75) is 110 Å². The Kier molecular flexibility index (Phi) is 10.2. The van der Waals surface area contributed by atoms with E-state index in [-0.39, 0.29) is 10.8 Å². The zero-order chi connectivity index (χ0) is 31.1. The highest BCUT2D eigenvalue weighted by Gasteiger charge is 2.58. The minimum Gasteiger partial charge on any atom is -0.395 e. The van der Waals surface area contributed by atoms with Crippen molar-refractivity contribution in [3.8, 4) is 0 Å². The van der Waals surface area contributed by atoms with E-state index in [4.69, 9.17) is 4.52 Å². The lowest BCUT2D eigenvalue weighted by Crippen LogP contribution is -2.56. The Morgan fingerprint density at radius 2 is 0.850 bits per heavy atom. The second-order valence-electron chi connectivity index (χ2n) is 15.3. The van der Waals surface area contributed by atoms with E-state index < -0.39 is 50.3 Å². The molecule has 0 aromatic heterocycles. The highest BCUT2D eigenvalue weighted by Crippen LogP contribution is 2.58. The molecule has 0 saturated heterocycles. The van der Waals surface area contributed by atoms with E-state index in [1.807, 2.05) is 24.3 Å². The van der Waals surface area contributed by atoms with Crippen LogP contribution in [-0.4, -0.2) is 44.9 Å². The van der Waals surface area contributed by atoms with Gasteiger partial charge in [-0.3, -0.25) is 4.52 Å². The van der Waals surface area contributed by atoms with Gasteiger partial charge in [-0.1, -0.05) is 119 Å². The average molecular weight is 577 g/mol. The summed E-state index contributed by atoms with van der Waals surface area (Å²) in [5.41, 5.74) is 0.224. The summed E-state index contributed by atoms with van der Waals surface area (Å²) in [4.78, 5) is 21.1. The molecular weight excluding hydrogens is 523 g/mol. The fourth-order valence-electron chi connectivity index (χ4n) is 5.39. The Balaban J connectivity index is 3.37. The van der Waals surface area contributed by atoms with Crippen LogP contribution in [0.25, 0.3) is 0 Å². The molecule has 0 amide bonds. The predicted molar refractivity (Wildman–Crippen MR) is 165 cm³/mol. The van der Waals surface area contributed by atoms with Crippen molar-refractivity contribution in [3.05, 3.63) is 69.8 Å². The van der Waals surface area contributed by atoms with E-state index in [0.717, 1.165) is 22.3 Å². The molecule has 0 bridgehead atoms. The number of hydrogen-bond donors (Lipinski definition) is 5. The lowest BCUT2D eigenvalue weighted by Gasteiger charge is -2.51. The highest BCUT2D eigenvalue weighted by atomic mass is 31.2. The second-order valence-corrected chi connectivity index (χ2v) is 16.0. The van der Waals surface area contributed by atoms with Gasteiger partial charge < -0.3 is 25.1 Å². The molecule has 226 valence electrons. The van der Waals surface area contributed by atoms with Crippen LogP contribution in [0.15, 0.2) is 36.4 Å². The minimum absolute atomic E-state index is 0.171. The molecule has 0 spiro atoms. The van der Waals surface area contributed by atoms with E-state index in [0.29, 0.717) is 11.1 Å². The van der Waals surface area contributed by atoms with Gasteiger partial charge in [0.2, 0.25) is 0 Å². The normalized spacial score (nSPS) is 14.2. The molecule has 0 fully saturated rings. The number of aliphatic hydroxyl groups is 3. The van der Waals surface area contributed by atoms with Crippen LogP contribution in [0.3, 0.4) is 0 Å². The SMILES string of the molecule is CC(C)(C)c1ccc(C(OP(O)O)(c2ccc(C(C)(C)C)cc2C(C)(C)C)C(CO)(CO)CO)c(C(C)(C)C)c1. The molecule has 0 radical (unpaired) electrons. The fraction of sp³-hybridized carbons (Fsp3) is 0.636. The number of benzene rings is 2. The van der Waals surface area contributed by atoms with Gasteiger partial charge >= 0.3 is 8.60 Å². The minimum atomic E-state index is -3.01. The standard InChI is InChI=1S/C33H53O6P/c1-28(2,3)22-13-15-24(26(17-22)30(7,8)9)33(39-40(37)38,32(19-34,20-35)21-36)25-16-14-23(29(4,5)6)18-27(25)31(10,11)12/h13-18,34-38H,19-21H2,1-12H3. The van der Waals surface area contributed by atoms with Gasteiger partial charge in [-0.15, -0.1) is 0 Å². The van der Waals surface area contributed by atoms with Crippen LogP contribution in [0.2, 0.25) is 0 Å². The van der Waals surface area contributed by atoms with Crippen molar-refractivity contribution in [3.63, 3.8) is 0 Å². The first-order valence-electron chi connectivity index (χ1n) is 14.0. The molecule has 0 heterocycles. The van der Waals surface area contributed by atoms with E-state index in [2.05, 4.69) is 95.2 Å². The van der Waals surface area contributed by atoms with Gasteiger partial charge in [0, 0.05) is 0 Å². The van der Waals surface area contributed by atoms with E-state index in [1.54, 1.807) is 0 Å². The van der Waals surface area contributed by atoms with Gasteiger partial charge in [0.05, 0.1) is 25.2 Å². The largest absolute Gasteiger partial charge is 0.395 e. The van der Waals surface area contributed by atoms with Crippen LogP contribution >= 0.6 is 8.60 Å². The lowest BCUT2D eigenvalue weighted by molar-refractivity contribution is -0.126. The van der Waals surface area contributed by atoms with Crippen LogP contribution < -0.4 is 0 Å². The van der Waals surface area contributed by atoms with Crippen molar-refractivity contribution in [1.29, 1.82) is 0 Å². The summed E-state index contributed by atoms with van der Waals surface area (Å²) in [5, 5.41) is 32.8. The van der Waals surface area contributed by atoms with E-state index in [9.17, 15) is 25.1 Å². The van der Waals surface area contributed by atoms with Gasteiger partial charge in [0.1, 0.15) is 5.60 Å². The third-order valence-electron chi connectivity index (χ3n) is 8.02. The average Bonchev–Trinajstić information content (AvgIpc) is 2.81. The molecule has 0 aliphatic rings. The van der Waals surface area contributed by atoms with Crippen LogP contribution in [-0.2, 0) is 31.8 Å². The first kappa shape index (κ1) is 34.8. The molecule has 6 nitrogen and oxygen atoms in total. The van der Waals surface area contributed by atoms with Crippen LogP contribution in [0.1, 0.15) is 116 Å². The fourth-order valence-corrected chi connectivity index (χ4v) is 6.03. The smallest absolute Gasteiger partial charge is 0.328 e. The maximum atomic E-state index is 10.9. The Morgan fingerprint density at radius 1 is 0.525 bits per heavy atom. The van der Waals surface area contributed by atoms with Gasteiger partial charge in [-0.05, 0) is 55.0 Å². The summed E-state index contributed by atoms with van der Waals surface area (Å²) < 4.78 is 6.27. The van der Waals surface area contributed by atoms with Crippen molar-refractivity contribution in [1.82, 2.24) is 0 Å². The Bertz CT molecular complexity index is 1070. The first-order chi connectivity index (χ1) is 18.0. The van der Waals surface area contributed by atoms with Crippen LogP contribution in [0, 0.1) is 5.41 Å². The molecule has 0 unspecified atom stereocenters. The van der Waals surface area contributed by atoms with E-state index in [1.165, 1.54) is 0 Å². The quantitative estimate of drug-likeness (QED) is 0.236. The summed E-state index contributed by atoms with van der Waals surface area (Å²) in [6.45, 7) is 23.1. The van der Waals surface area contributed by atoms with Gasteiger partial charge in [0.15, 0.2) is 0 Å². The van der Waals surface area contributed by atoms with Gasteiger partial charge in [-0.2, -0.15) is 0 Å². The zero-order valence-corrected chi connectivity index (χ0v) is 27.6. The molecule has 0 aliphatic heterocycles. The maximum Gasteiger partial charge on any atom is 0.328 e. The molecular formula is C33H53O6P. The van der Waals surface area contributed by atoms with Crippen molar-refractivity contribution < 1.29 is 29.6 Å². The van der Waals surface area contributed by atoms with Crippen molar-refractivity contribution >= 4 is 8.60 Å². The Hall–Kier alpha value is -1.37. The Morgan fingerprint density at radius 3 is 1.07 bits per heavy atom. The molecule has 0 atom stereocenters. The molecule has 0 saturated carbocycles. The summed E-state index contributed by atoms with van der Waals surface area (Å²) in [5.74, 6) is 0. The second kappa shape index (κ2) is 11.7. The molecule has 2 aromatic rings. The molecule has 40 heavy (non-hydrogen) atoms. The van der Waals surface area contributed by atoms with Crippen LogP contribution in [0.4, 0.5) is 0 Å². The zero-order valence-electron chi connectivity index (χ0n) is 26.7. The van der Waals surface area contributed by atoms with Gasteiger partial charge in [-0.25, -0.2) is 0 Å². The third kappa shape index (κ3) is 6.65. The summed E-state index contributed by atoms with van der Waals surface area (Å²) >= 11 is 0. The lowest BCUT2D eigenvalue weighted by atomic mass is 9.60. The van der Waals surface area contributed by atoms with Crippen LogP contribution in [0.5, 0.6) is 0 Å². The molecule has 7 heteroatoms. The summed E-state index contributed by atoms with van der Waals surface area (Å²) in [7, 11) is -3.01. The maximum absolute atomic E-state index is 10.9. The number of rotatable bonds is 8. The molecule has 0 aliphatic carbocycles. The monoisotopic (exact) mass is 576 g/mol. The Labute approximate surface area is 243 Å². The highest BCUT2D eigenvalue weighted by molar-refractivity contribution is 7.39. The summed E-state index contributed by atoms with van der Waals surface area (Å²) in [6, 6.07) is 12.0. The summed E-state index contributed by atoms with van der Waals surface area (Å²) in [6.07, 6.45) is 0. The van der Waals surface area contributed by atoms with Crippen molar-refractivity contribution in [2.24, 2.45) is 5.41 Å². The first-order valence-corrected chi connectivity index (χ1v) is 15.2. The van der Waals surface area contributed by atoms with Crippen molar-refractivity contribution in [2.75, 3.05) is 19.8 Å². The topological polar surface area (TPSA) is 110 Å². The molecule has 2 aromatic carbocycles. The third-order valence-corrected chi connectivity index (χ3v) is 8.46. The van der Waals surface area contributed by atoms with E-state index >= 15 is 0 Å².